The maximum Gasteiger partial charge on any atom is 0.141 e. The Hall–Kier alpha value is -0.150. The standard InChI is InChI=1S/C5H10FNO/c6-4(3-7)5(8)1-2-5/h4,8H,1-3,7H2. The summed E-state index contributed by atoms with van der Waals surface area (Å²) in [4.78, 5) is 0. The van der Waals surface area contributed by atoms with Crippen LogP contribution in [-0.4, -0.2) is 23.4 Å². The van der Waals surface area contributed by atoms with Crippen LogP contribution >= 0.6 is 0 Å². The van der Waals surface area contributed by atoms with E-state index in [0.717, 1.165) is 0 Å². The zero-order valence-electron chi connectivity index (χ0n) is 4.60. The lowest BCUT2D eigenvalue weighted by atomic mass is 10.2. The Bertz CT molecular complexity index is 92.4. The molecule has 1 fully saturated rings. The van der Waals surface area contributed by atoms with Crippen molar-refractivity contribution in [2.24, 2.45) is 5.73 Å². The molecule has 0 spiro atoms. The van der Waals surface area contributed by atoms with Crippen molar-refractivity contribution in [1.29, 1.82) is 0 Å². The molecule has 0 aromatic rings. The molecular formula is C5H10FNO. The van der Waals surface area contributed by atoms with Crippen LogP contribution in [0.2, 0.25) is 0 Å². The van der Waals surface area contributed by atoms with Crippen molar-refractivity contribution in [3.05, 3.63) is 0 Å². The molecule has 3 heteroatoms. The Morgan fingerprint density at radius 3 is 2.38 bits per heavy atom. The van der Waals surface area contributed by atoms with Gasteiger partial charge in [0, 0.05) is 6.54 Å². The van der Waals surface area contributed by atoms with Gasteiger partial charge in [0.25, 0.3) is 0 Å². The van der Waals surface area contributed by atoms with Crippen molar-refractivity contribution in [3.63, 3.8) is 0 Å². The summed E-state index contributed by atoms with van der Waals surface area (Å²) in [7, 11) is 0. The molecule has 1 aliphatic rings. The van der Waals surface area contributed by atoms with E-state index in [0.29, 0.717) is 12.8 Å². The topological polar surface area (TPSA) is 46.2 Å². The van der Waals surface area contributed by atoms with Crippen LogP contribution < -0.4 is 5.73 Å². The van der Waals surface area contributed by atoms with E-state index in [1.807, 2.05) is 0 Å². The molecule has 0 aliphatic heterocycles. The van der Waals surface area contributed by atoms with Gasteiger partial charge >= 0.3 is 0 Å². The maximum atomic E-state index is 12.3. The first kappa shape index (κ1) is 5.98. The summed E-state index contributed by atoms with van der Waals surface area (Å²) < 4.78 is 12.3. The number of alkyl halides is 1. The Morgan fingerprint density at radius 1 is 1.75 bits per heavy atom. The predicted octanol–water partition coefficient (Wildman–Crippen LogP) is -0.192. The van der Waals surface area contributed by atoms with Crippen LogP contribution in [-0.2, 0) is 0 Å². The summed E-state index contributed by atoms with van der Waals surface area (Å²) in [5, 5.41) is 8.94. The van der Waals surface area contributed by atoms with Crippen molar-refractivity contribution in [2.45, 2.75) is 24.6 Å². The van der Waals surface area contributed by atoms with E-state index < -0.39 is 11.8 Å². The number of aliphatic hydroxyl groups is 1. The molecule has 48 valence electrons. The van der Waals surface area contributed by atoms with Crippen molar-refractivity contribution in [1.82, 2.24) is 0 Å². The van der Waals surface area contributed by atoms with E-state index in [1.54, 1.807) is 0 Å². The minimum atomic E-state index is -1.21. The van der Waals surface area contributed by atoms with Gasteiger partial charge in [-0.1, -0.05) is 0 Å². The SMILES string of the molecule is NCC(F)C1(O)CC1. The summed E-state index contributed by atoms with van der Waals surface area (Å²) in [5.41, 5.74) is 3.93. The summed E-state index contributed by atoms with van der Waals surface area (Å²) in [6.45, 7) is -0.0590. The van der Waals surface area contributed by atoms with Gasteiger partial charge in [0.1, 0.15) is 6.17 Å². The molecule has 1 aliphatic carbocycles. The van der Waals surface area contributed by atoms with Crippen LogP contribution in [0.3, 0.4) is 0 Å². The third kappa shape index (κ3) is 0.833. The predicted molar refractivity (Wildman–Crippen MR) is 28.1 cm³/mol. The zero-order chi connectivity index (χ0) is 6.20. The zero-order valence-corrected chi connectivity index (χ0v) is 4.60. The highest BCUT2D eigenvalue weighted by molar-refractivity contribution is 5.00. The Morgan fingerprint density at radius 2 is 2.25 bits per heavy atom. The average Bonchev–Trinajstić information content (AvgIpc) is 2.47. The fourth-order valence-electron chi connectivity index (χ4n) is 0.661. The first-order valence-corrected chi connectivity index (χ1v) is 2.75. The van der Waals surface area contributed by atoms with E-state index >= 15 is 0 Å². The third-order valence-corrected chi connectivity index (χ3v) is 1.55. The van der Waals surface area contributed by atoms with Gasteiger partial charge in [-0.25, -0.2) is 4.39 Å². The third-order valence-electron chi connectivity index (χ3n) is 1.55. The van der Waals surface area contributed by atoms with Gasteiger partial charge < -0.3 is 10.8 Å². The molecule has 1 unspecified atom stereocenters. The molecular weight excluding hydrogens is 109 g/mol. The Balaban J connectivity index is 2.34. The van der Waals surface area contributed by atoms with Gasteiger partial charge in [0.05, 0.1) is 5.60 Å². The minimum Gasteiger partial charge on any atom is -0.387 e. The van der Waals surface area contributed by atoms with Crippen LogP contribution in [0, 0.1) is 0 Å². The summed E-state index contributed by atoms with van der Waals surface area (Å²) >= 11 is 0. The molecule has 1 saturated carbocycles. The Kier molecular flexibility index (Phi) is 1.25. The van der Waals surface area contributed by atoms with Gasteiger partial charge in [-0.3, -0.25) is 0 Å². The van der Waals surface area contributed by atoms with Crippen LogP contribution in [0.4, 0.5) is 4.39 Å². The van der Waals surface area contributed by atoms with Gasteiger partial charge in [0.2, 0.25) is 0 Å². The second kappa shape index (κ2) is 1.67. The fourth-order valence-corrected chi connectivity index (χ4v) is 0.661. The van der Waals surface area contributed by atoms with Crippen molar-refractivity contribution in [3.8, 4) is 0 Å². The molecule has 1 rings (SSSR count). The van der Waals surface area contributed by atoms with Crippen LogP contribution in [0.15, 0.2) is 0 Å². The van der Waals surface area contributed by atoms with Gasteiger partial charge in [0.15, 0.2) is 0 Å². The molecule has 0 saturated heterocycles. The van der Waals surface area contributed by atoms with E-state index in [9.17, 15) is 4.39 Å². The molecule has 0 radical (unpaired) electrons. The maximum absolute atomic E-state index is 12.3. The van der Waals surface area contributed by atoms with Crippen LogP contribution in [0.1, 0.15) is 12.8 Å². The lowest BCUT2D eigenvalue weighted by Gasteiger charge is -2.09. The van der Waals surface area contributed by atoms with Crippen molar-refractivity contribution in [2.75, 3.05) is 6.54 Å². The van der Waals surface area contributed by atoms with E-state index in [4.69, 9.17) is 10.8 Å². The normalized spacial score (nSPS) is 27.4. The molecule has 0 bridgehead atoms. The smallest absolute Gasteiger partial charge is 0.141 e. The van der Waals surface area contributed by atoms with Crippen molar-refractivity contribution < 1.29 is 9.50 Å². The second-order valence-corrected chi connectivity index (χ2v) is 2.31. The fraction of sp³-hybridized carbons (Fsp3) is 1.00. The van der Waals surface area contributed by atoms with Gasteiger partial charge in [-0.2, -0.15) is 0 Å². The summed E-state index contributed by atoms with van der Waals surface area (Å²) in [6, 6.07) is 0. The molecule has 0 amide bonds. The number of halogens is 1. The van der Waals surface area contributed by atoms with Gasteiger partial charge in [-0.05, 0) is 12.8 Å². The number of nitrogens with two attached hydrogens (primary N) is 1. The minimum absolute atomic E-state index is 0.0590. The quantitative estimate of drug-likeness (QED) is 0.529. The molecule has 2 nitrogen and oxygen atoms in total. The highest BCUT2D eigenvalue weighted by Gasteiger charge is 2.47. The van der Waals surface area contributed by atoms with E-state index in [2.05, 4.69) is 0 Å². The first-order valence-electron chi connectivity index (χ1n) is 2.75. The largest absolute Gasteiger partial charge is 0.387 e. The summed E-state index contributed by atoms with van der Waals surface area (Å²) in [6.07, 6.45) is -0.0565. The highest BCUT2D eigenvalue weighted by atomic mass is 19.1. The monoisotopic (exact) mass is 119 g/mol. The molecule has 3 N–H and O–H groups in total. The van der Waals surface area contributed by atoms with E-state index in [-0.39, 0.29) is 6.54 Å². The average molecular weight is 119 g/mol. The lowest BCUT2D eigenvalue weighted by Crippen LogP contribution is -2.30. The number of hydrogen-bond donors (Lipinski definition) is 2. The molecule has 1 atom stereocenters. The highest BCUT2D eigenvalue weighted by Crippen LogP contribution is 2.39. The second-order valence-electron chi connectivity index (χ2n) is 2.31. The lowest BCUT2D eigenvalue weighted by molar-refractivity contribution is 0.0593. The summed E-state index contributed by atoms with van der Waals surface area (Å²) in [5.74, 6) is 0. The first-order chi connectivity index (χ1) is 3.69. The molecule has 0 heterocycles. The van der Waals surface area contributed by atoms with Gasteiger partial charge in [-0.15, -0.1) is 0 Å². The molecule has 0 aromatic carbocycles. The molecule has 8 heavy (non-hydrogen) atoms. The number of hydrogen-bond acceptors (Lipinski definition) is 2. The number of rotatable bonds is 2. The van der Waals surface area contributed by atoms with Crippen LogP contribution in [0.25, 0.3) is 0 Å². The molecule has 0 aromatic heterocycles. The van der Waals surface area contributed by atoms with E-state index in [1.165, 1.54) is 0 Å². The van der Waals surface area contributed by atoms with Crippen LogP contribution in [0.5, 0.6) is 0 Å². The Labute approximate surface area is 47.5 Å². The van der Waals surface area contributed by atoms with Crippen molar-refractivity contribution >= 4 is 0 Å².